The maximum Gasteiger partial charge on any atom is 0.246 e. The summed E-state index contributed by atoms with van der Waals surface area (Å²) in [6.45, 7) is 10.4. The van der Waals surface area contributed by atoms with Gasteiger partial charge in [0.2, 0.25) is 11.8 Å². The molecule has 0 spiro atoms. The molecular weight excluding hydrogens is 256 g/mol. The smallest absolute Gasteiger partial charge is 0.246 e. The molecule has 2 aliphatic heterocycles. The minimum atomic E-state index is -0.440. The molecular formula is C15H26N2O3. The van der Waals surface area contributed by atoms with Crippen molar-refractivity contribution in [2.45, 2.75) is 71.7 Å². The highest BCUT2D eigenvalue weighted by atomic mass is 16.5. The molecule has 0 aromatic carbocycles. The Morgan fingerprint density at radius 2 is 1.90 bits per heavy atom. The van der Waals surface area contributed by atoms with Crippen LogP contribution >= 0.6 is 0 Å². The number of rotatable bonds is 1. The lowest BCUT2D eigenvalue weighted by atomic mass is 9.83. The summed E-state index contributed by atoms with van der Waals surface area (Å²) in [5.41, 5.74) is -0.276. The van der Waals surface area contributed by atoms with Crippen LogP contribution < -0.4 is 5.32 Å². The predicted octanol–water partition coefficient (Wildman–Crippen LogP) is 1.32. The first-order valence-electron chi connectivity index (χ1n) is 7.46. The van der Waals surface area contributed by atoms with E-state index in [1.807, 2.05) is 34.6 Å². The minimum absolute atomic E-state index is 0.0451. The molecule has 2 aliphatic rings. The van der Waals surface area contributed by atoms with Crippen molar-refractivity contribution in [1.82, 2.24) is 10.2 Å². The molecule has 2 amide bonds. The van der Waals surface area contributed by atoms with Gasteiger partial charge in [0.25, 0.3) is 0 Å². The molecule has 0 saturated carbocycles. The van der Waals surface area contributed by atoms with E-state index >= 15 is 0 Å². The third-order valence-electron chi connectivity index (χ3n) is 4.30. The van der Waals surface area contributed by atoms with Crippen molar-refractivity contribution in [1.29, 1.82) is 0 Å². The molecule has 0 aromatic heterocycles. The van der Waals surface area contributed by atoms with Crippen LogP contribution in [0.25, 0.3) is 0 Å². The third-order valence-corrected chi connectivity index (χ3v) is 4.30. The summed E-state index contributed by atoms with van der Waals surface area (Å²) in [5.74, 6) is -0.00706. The maximum atomic E-state index is 12.8. The molecule has 0 radical (unpaired) electrons. The SMILES string of the molecule is CC1CC(N2C(=O)C(C(C)(C)C)NC(=O)C2C)CCO1. The van der Waals surface area contributed by atoms with Crippen LogP contribution in [0.3, 0.4) is 0 Å². The van der Waals surface area contributed by atoms with E-state index in [-0.39, 0.29) is 29.4 Å². The molecule has 4 unspecified atom stereocenters. The van der Waals surface area contributed by atoms with Crippen LogP contribution in [0.4, 0.5) is 0 Å². The first-order chi connectivity index (χ1) is 9.21. The van der Waals surface area contributed by atoms with Gasteiger partial charge in [-0.3, -0.25) is 9.59 Å². The molecule has 0 aliphatic carbocycles. The van der Waals surface area contributed by atoms with E-state index in [0.717, 1.165) is 12.8 Å². The molecule has 2 fully saturated rings. The number of amides is 2. The van der Waals surface area contributed by atoms with Gasteiger partial charge in [-0.05, 0) is 32.1 Å². The van der Waals surface area contributed by atoms with Gasteiger partial charge in [0.1, 0.15) is 12.1 Å². The zero-order valence-corrected chi connectivity index (χ0v) is 13.1. The van der Waals surface area contributed by atoms with Gasteiger partial charge in [-0.25, -0.2) is 0 Å². The Kier molecular flexibility index (Phi) is 4.09. The molecule has 5 nitrogen and oxygen atoms in total. The standard InChI is InChI=1S/C15H26N2O3/c1-9-8-11(6-7-20-9)17-10(2)13(18)16-12(14(17)19)15(3,4)5/h9-12H,6-8H2,1-5H3,(H,16,18). The highest BCUT2D eigenvalue weighted by molar-refractivity contribution is 5.97. The monoisotopic (exact) mass is 282 g/mol. The van der Waals surface area contributed by atoms with Gasteiger partial charge in [0.15, 0.2) is 0 Å². The highest BCUT2D eigenvalue weighted by Gasteiger charge is 2.46. The van der Waals surface area contributed by atoms with E-state index in [0.29, 0.717) is 6.61 Å². The van der Waals surface area contributed by atoms with Gasteiger partial charge >= 0.3 is 0 Å². The number of nitrogens with zero attached hydrogens (tertiary/aromatic N) is 1. The van der Waals surface area contributed by atoms with Crippen molar-refractivity contribution in [3.05, 3.63) is 0 Å². The second-order valence-electron chi connectivity index (χ2n) is 7.09. The summed E-state index contributed by atoms with van der Waals surface area (Å²) >= 11 is 0. The molecule has 20 heavy (non-hydrogen) atoms. The Labute approximate surface area is 121 Å². The summed E-state index contributed by atoms with van der Waals surface area (Å²) in [5, 5.41) is 2.87. The summed E-state index contributed by atoms with van der Waals surface area (Å²) in [6.07, 6.45) is 1.76. The largest absolute Gasteiger partial charge is 0.378 e. The maximum absolute atomic E-state index is 12.8. The van der Waals surface area contributed by atoms with Crippen molar-refractivity contribution in [3.63, 3.8) is 0 Å². The van der Waals surface area contributed by atoms with E-state index in [1.54, 1.807) is 4.90 Å². The van der Waals surface area contributed by atoms with E-state index in [2.05, 4.69) is 5.32 Å². The van der Waals surface area contributed by atoms with E-state index in [1.165, 1.54) is 0 Å². The average Bonchev–Trinajstić information content (AvgIpc) is 2.33. The summed E-state index contributed by atoms with van der Waals surface area (Å²) in [4.78, 5) is 26.8. The molecule has 2 rings (SSSR count). The number of hydrogen-bond acceptors (Lipinski definition) is 3. The zero-order chi connectivity index (χ0) is 15.1. The van der Waals surface area contributed by atoms with Crippen LogP contribution in [0.15, 0.2) is 0 Å². The molecule has 0 bridgehead atoms. The van der Waals surface area contributed by atoms with Crippen molar-refractivity contribution >= 4 is 11.8 Å². The van der Waals surface area contributed by atoms with Crippen LogP contribution in [-0.4, -0.2) is 47.6 Å². The zero-order valence-electron chi connectivity index (χ0n) is 13.1. The number of carbonyl (C=O) groups is 2. The number of nitrogens with one attached hydrogen (secondary N) is 1. The normalized spacial score (nSPS) is 36.0. The molecule has 4 atom stereocenters. The second-order valence-corrected chi connectivity index (χ2v) is 7.09. The fourth-order valence-electron chi connectivity index (χ4n) is 3.10. The lowest BCUT2D eigenvalue weighted by Gasteiger charge is -2.47. The van der Waals surface area contributed by atoms with Crippen LogP contribution in [-0.2, 0) is 14.3 Å². The lowest BCUT2D eigenvalue weighted by Crippen LogP contribution is -2.68. The number of ether oxygens (including phenoxy) is 1. The Morgan fingerprint density at radius 1 is 1.25 bits per heavy atom. The number of piperazine rings is 1. The molecule has 2 saturated heterocycles. The highest BCUT2D eigenvalue weighted by Crippen LogP contribution is 2.29. The van der Waals surface area contributed by atoms with Crippen molar-refractivity contribution in [2.24, 2.45) is 5.41 Å². The Hall–Kier alpha value is -1.10. The average molecular weight is 282 g/mol. The van der Waals surface area contributed by atoms with Crippen molar-refractivity contribution in [2.75, 3.05) is 6.61 Å². The Bertz CT molecular complexity index is 402. The van der Waals surface area contributed by atoms with Crippen LogP contribution in [0.1, 0.15) is 47.5 Å². The van der Waals surface area contributed by atoms with Crippen molar-refractivity contribution < 1.29 is 14.3 Å². The topological polar surface area (TPSA) is 58.6 Å². The van der Waals surface area contributed by atoms with Crippen LogP contribution in [0, 0.1) is 5.41 Å². The van der Waals surface area contributed by atoms with Gasteiger partial charge in [0.05, 0.1) is 6.10 Å². The van der Waals surface area contributed by atoms with Crippen molar-refractivity contribution in [3.8, 4) is 0 Å². The summed E-state index contributed by atoms with van der Waals surface area (Å²) in [6, 6.07) is -0.724. The Morgan fingerprint density at radius 3 is 2.45 bits per heavy atom. The summed E-state index contributed by atoms with van der Waals surface area (Å²) < 4.78 is 5.55. The quantitative estimate of drug-likeness (QED) is 0.789. The minimum Gasteiger partial charge on any atom is -0.378 e. The van der Waals surface area contributed by atoms with Gasteiger partial charge in [-0.15, -0.1) is 0 Å². The van der Waals surface area contributed by atoms with Gasteiger partial charge < -0.3 is 15.0 Å². The Balaban J connectivity index is 2.24. The fraction of sp³-hybridized carbons (Fsp3) is 0.867. The number of carbonyl (C=O) groups excluding carboxylic acids is 2. The van der Waals surface area contributed by atoms with Crippen LogP contribution in [0.5, 0.6) is 0 Å². The predicted molar refractivity (Wildman–Crippen MR) is 76.1 cm³/mol. The van der Waals surface area contributed by atoms with Crippen LogP contribution in [0.2, 0.25) is 0 Å². The summed E-state index contributed by atoms with van der Waals surface area (Å²) in [7, 11) is 0. The first-order valence-corrected chi connectivity index (χ1v) is 7.46. The van der Waals surface area contributed by atoms with Gasteiger partial charge in [-0.2, -0.15) is 0 Å². The molecule has 5 heteroatoms. The second kappa shape index (κ2) is 5.35. The van der Waals surface area contributed by atoms with E-state index in [9.17, 15) is 9.59 Å². The molecule has 114 valence electrons. The molecule has 0 aromatic rings. The molecule has 2 heterocycles. The lowest BCUT2D eigenvalue weighted by molar-refractivity contribution is -0.157. The third kappa shape index (κ3) is 2.82. The number of hydrogen-bond donors (Lipinski definition) is 1. The van der Waals surface area contributed by atoms with E-state index in [4.69, 9.17) is 4.74 Å². The van der Waals surface area contributed by atoms with E-state index < -0.39 is 12.1 Å². The van der Waals surface area contributed by atoms with Gasteiger partial charge in [-0.1, -0.05) is 20.8 Å². The van der Waals surface area contributed by atoms with Gasteiger partial charge in [0, 0.05) is 12.6 Å². The molecule has 1 N–H and O–H groups in total. The first kappa shape index (κ1) is 15.3. The fourth-order valence-corrected chi connectivity index (χ4v) is 3.10.